The van der Waals surface area contributed by atoms with Crippen molar-refractivity contribution in [2.75, 3.05) is 0 Å². The highest BCUT2D eigenvalue weighted by molar-refractivity contribution is 5.98. The Morgan fingerprint density at radius 2 is 1.63 bits per heavy atom. The summed E-state index contributed by atoms with van der Waals surface area (Å²) in [6, 6.07) is 16.4. The fourth-order valence-corrected chi connectivity index (χ4v) is 2.55. The molecule has 6 nitrogen and oxygen atoms in total. The molecule has 0 fully saturated rings. The summed E-state index contributed by atoms with van der Waals surface area (Å²) >= 11 is 0. The minimum atomic E-state index is -0.322. The molecule has 6 heteroatoms. The quantitative estimate of drug-likeness (QED) is 0.708. The molecule has 3 aromatic rings. The third-order valence-electron chi connectivity index (χ3n) is 4.11. The van der Waals surface area contributed by atoms with E-state index in [1.165, 1.54) is 12.3 Å². The average molecular weight is 360 g/mol. The van der Waals surface area contributed by atoms with Crippen LogP contribution in [-0.2, 0) is 13.1 Å². The van der Waals surface area contributed by atoms with Gasteiger partial charge in [-0.2, -0.15) is 0 Å². The molecule has 2 heterocycles. The monoisotopic (exact) mass is 360 g/mol. The first-order valence-corrected chi connectivity index (χ1v) is 8.60. The molecule has 0 saturated carbocycles. The number of carbonyl (C=O) groups excluding carboxylic acids is 2. The third kappa shape index (κ3) is 4.98. The Kier molecular flexibility index (Phi) is 5.89. The SMILES string of the molecule is Cc1ccccc1CNC(=O)c1cc(C(=O)NCc2ccccn2)ccn1. The minimum absolute atomic E-state index is 0.203. The van der Waals surface area contributed by atoms with Crippen LogP contribution in [-0.4, -0.2) is 21.8 Å². The molecule has 0 aliphatic heterocycles. The van der Waals surface area contributed by atoms with E-state index in [1.807, 2.05) is 49.4 Å². The summed E-state index contributed by atoms with van der Waals surface area (Å²) in [6.07, 6.45) is 3.13. The standard InChI is InChI=1S/C21H20N4O2/c1-15-6-2-3-7-17(15)13-24-21(27)19-12-16(9-11-23-19)20(26)25-14-18-8-4-5-10-22-18/h2-12H,13-14H2,1H3,(H,24,27)(H,25,26). The highest BCUT2D eigenvalue weighted by Crippen LogP contribution is 2.07. The van der Waals surface area contributed by atoms with E-state index < -0.39 is 0 Å². The molecule has 136 valence electrons. The van der Waals surface area contributed by atoms with E-state index >= 15 is 0 Å². The smallest absolute Gasteiger partial charge is 0.270 e. The predicted octanol–water partition coefficient (Wildman–Crippen LogP) is 2.65. The first-order valence-electron chi connectivity index (χ1n) is 8.60. The Morgan fingerprint density at radius 1 is 0.852 bits per heavy atom. The molecule has 0 unspecified atom stereocenters. The van der Waals surface area contributed by atoms with Crippen LogP contribution in [0.1, 0.15) is 37.7 Å². The molecule has 27 heavy (non-hydrogen) atoms. The zero-order chi connectivity index (χ0) is 19.1. The second-order valence-electron chi connectivity index (χ2n) is 6.04. The van der Waals surface area contributed by atoms with Crippen LogP contribution in [0.2, 0.25) is 0 Å². The normalized spacial score (nSPS) is 10.3. The molecule has 2 aromatic heterocycles. The van der Waals surface area contributed by atoms with Gasteiger partial charge in [-0.05, 0) is 42.3 Å². The summed E-state index contributed by atoms with van der Waals surface area (Å²) in [6.45, 7) is 2.71. The Hall–Kier alpha value is -3.54. The lowest BCUT2D eigenvalue weighted by molar-refractivity contribution is 0.0946. The minimum Gasteiger partial charge on any atom is -0.347 e. The van der Waals surface area contributed by atoms with Crippen LogP contribution >= 0.6 is 0 Å². The number of aryl methyl sites for hydroxylation is 1. The highest BCUT2D eigenvalue weighted by Gasteiger charge is 2.12. The zero-order valence-corrected chi connectivity index (χ0v) is 15.0. The molecule has 2 N–H and O–H groups in total. The zero-order valence-electron chi connectivity index (χ0n) is 15.0. The number of hydrogen-bond acceptors (Lipinski definition) is 4. The fraction of sp³-hybridized carbons (Fsp3) is 0.143. The molecular weight excluding hydrogens is 340 g/mol. The molecule has 0 atom stereocenters. The number of rotatable bonds is 6. The molecule has 0 aliphatic carbocycles. The van der Waals surface area contributed by atoms with Crippen molar-refractivity contribution in [3.63, 3.8) is 0 Å². The van der Waals surface area contributed by atoms with Gasteiger partial charge in [-0.15, -0.1) is 0 Å². The van der Waals surface area contributed by atoms with Gasteiger partial charge in [0.05, 0.1) is 12.2 Å². The van der Waals surface area contributed by atoms with E-state index in [0.29, 0.717) is 18.7 Å². The number of pyridine rings is 2. The second kappa shape index (κ2) is 8.71. The van der Waals surface area contributed by atoms with Gasteiger partial charge in [-0.1, -0.05) is 30.3 Å². The van der Waals surface area contributed by atoms with Gasteiger partial charge in [0.25, 0.3) is 11.8 Å². The van der Waals surface area contributed by atoms with Crippen LogP contribution in [0.4, 0.5) is 0 Å². The van der Waals surface area contributed by atoms with Crippen molar-refractivity contribution in [3.8, 4) is 0 Å². The van der Waals surface area contributed by atoms with Gasteiger partial charge in [0.2, 0.25) is 0 Å². The van der Waals surface area contributed by atoms with Gasteiger partial charge in [0.1, 0.15) is 5.69 Å². The van der Waals surface area contributed by atoms with Crippen molar-refractivity contribution < 1.29 is 9.59 Å². The summed E-state index contributed by atoms with van der Waals surface area (Å²) in [7, 11) is 0. The first kappa shape index (κ1) is 18.3. The number of carbonyl (C=O) groups is 2. The van der Waals surface area contributed by atoms with Gasteiger partial charge >= 0.3 is 0 Å². The topological polar surface area (TPSA) is 84.0 Å². The Labute approximate surface area is 157 Å². The summed E-state index contributed by atoms with van der Waals surface area (Å²) in [5.41, 5.74) is 3.48. The van der Waals surface area contributed by atoms with Gasteiger partial charge < -0.3 is 10.6 Å². The van der Waals surface area contributed by atoms with Crippen LogP contribution in [0.5, 0.6) is 0 Å². The van der Waals surface area contributed by atoms with Crippen LogP contribution in [0.25, 0.3) is 0 Å². The van der Waals surface area contributed by atoms with Crippen LogP contribution in [0.3, 0.4) is 0 Å². The maximum Gasteiger partial charge on any atom is 0.270 e. The molecule has 0 bridgehead atoms. The van der Waals surface area contributed by atoms with Gasteiger partial charge in [-0.3, -0.25) is 19.6 Å². The van der Waals surface area contributed by atoms with E-state index in [9.17, 15) is 9.59 Å². The van der Waals surface area contributed by atoms with E-state index in [-0.39, 0.29) is 17.5 Å². The maximum absolute atomic E-state index is 12.4. The van der Waals surface area contributed by atoms with E-state index in [2.05, 4.69) is 20.6 Å². The molecular formula is C21H20N4O2. The number of hydrogen-bond donors (Lipinski definition) is 2. The van der Waals surface area contributed by atoms with Gasteiger partial charge in [-0.25, -0.2) is 0 Å². The van der Waals surface area contributed by atoms with Crippen molar-refractivity contribution in [2.24, 2.45) is 0 Å². The second-order valence-corrected chi connectivity index (χ2v) is 6.04. The van der Waals surface area contributed by atoms with Crippen LogP contribution in [0, 0.1) is 6.92 Å². The number of aromatic nitrogens is 2. The van der Waals surface area contributed by atoms with Gasteiger partial charge in [0.15, 0.2) is 0 Å². The highest BCUT2D eigenvalue weighted by atomic mass is 16.2. The molecule has 0 spiro atoms. The fourth-order valence-electron chi connectivity index (χ4n) is 2.55. The number of benzene rings is 1. The predicted molar refractivity (Wildman–Crippen MR) is 102 cm³/mol. The Bertz CT molecular complexity index is 942. The number of amides is 2. The van der Waals surface area contributed by atoms with E-state index in [4.69, 9.17) is 0 Å². The number of nitrogens with one attached hydrogen (secondary N) is 2. The van der Waals surface area contributed by atoms with E-state index in [1.54, 1.807) is 12.3 Å². The first-order chi connectivity index (χ1) is 13.1. The van der Waals surface area contributed by atoms with Gasteiger partial charge in [0, 0.05) is 24.5 Å². The van der Waals surface area contributed by atoms with Crippen LogP contribution in [0.15, 0.2) is 67.0 Å². The molecule has 0 aliphatic rings. The molecule has 3 rings (SSSR count). The summed E-state index contributed by atoms with van der Waals surface area (Å²) in [5, 5.41) is 5.62. The average Bonchev–Trinajstić information content (AvgIpc) is 2.72. The van der Waals surface area contributed by atoms with Crippen LogP contribution < -0.4 is 10.6 Å². The Morgan fingerprint density at radius 3 is 2.41 bits per heavy atom. The van der Waals surface area contributed by atoms with Crippen molar-refractivity contribution in [1.82, 2.24) is 20.6 Å². The Balaban J connectivity index is 1.61. The lowest BCUT2D eigenvalue weighted by Crippen LogP contribution is -2.26. The summed E-state index contributed by atoms with van der Waals surface area (Å²) in [4.78, 5) is 32.9. The van der Waals surface area contributed by atoms with Crippen molar-refractivity contribution in [3.05, 3.63) is 95.1 Å². The largest absolute Gasteiger partial charge is 0.347 e. The lowest BCUT2D eigenvalue weighted by Gasteiger charge is -2.09. The summed E-state index contributed by atoms with van der Waals surface area (Å²) < 4.78 is 0. The summed E-state index contributed by atoms with van der Waals surface area (Å²) in [5.74, 6) is -0.603. The number of nitrogens with zero attached hydrogens (tertiary/aromatic N) is 2. The van der Waals surface area contributed by atoms with Crippen molar-refractivity contribution in [2.45, 2.75) is 20.0 Å². The molecule has 2 amide bonds. The third-order valence-corrected chi connectivity index (χ3v) is 4.11. The van der Waals surface area contributed by atoms with E-state index in [0.717, 1.165) is 16.8 Å². The van der Waals surface area contributed by atoms with Crippen molar-refractivity contribution in [1.29, 1.82) is 0 Å². The lowest BCUT2D eigenvalue weighted by atomic mass is 10.1. The van der Waals surface area contributed by atoms with Crippen molar-refractivity contribution >= 4 is 11.8 Å². The molecule has 0 saturated heterocycles. The molecule has 1 aromatic carbocycles. The maximum atomic E-state index is 12.4. The molecule has 0 radical (unpaired) electrons.